The number of hydrogen-bond acceptors (Lipinski definition) is 3. The third-order valence-electron chi connectivity index (χ3n) is 2.76. The molecule has 19 heavy (non-hydrogen) atoms. The monoisotopic (exact) mass is 284 g/mol. The van der Waals surface area contributed by atoms with Crippen LogP contribution in [0.3, 0.4) is 0 Å². The number of benzene rings is 1. The normalized spacial score (nSPS) is 12.9. The largest absolute Gasteiger partial charge is 0.347 e. The van der Waals surface area contributed by atoms with Crippen molar-refractivity contribution in [3.05, 3.63) is 29.8 Å². The summed E-state index contributed by atoms with van der Waals surface area (Å²) in [6.07, 6.45) is 1.11. The summed E-state index contributed by atoms with van der Waals surface area (Å²) < 4.78 is 25.1. The minimum atomic E-state index is -3.53. The van der Waals surface area contributed by atoms with Crippen LogP contribution in [0.1, 0.15) is 12.5 Å². The van der Waals surface area contributed by atoms with Gasteiger partial charge in [-0.3, -0.25) is 9.10 Å². The number of carbonyl (C=O) groups is 1. The van der Waals surface area contributed by atoms with Crippen molar-refractivity contribution in [1.29, 1.82) is 0 Å². The average molecular weight is 284 g/mol. The van der Waals surface area contributed by atoms with E-state index in [4.69, 9.17) is 0 Å². The van der Waals surface area contributed by atoms with Gasteiger partial charge in [-0.25, -0.2) is 8.42 Å². The highest BCUT2D eigenvalue weighted by Crippen LogP contribution is 2.22. The molecule has 5 nitrogen and oxygen atoms in total. The molecule has 0 heterocycles. The number of nitrogens with zero attached hydrogens (tertiary/aromatic N) is 2. The molecule has 0 fully saturated rings. The van der Waals surface area contributed by atoms with Crippen molar-refractivity contribution in [2.75, 3.05) is 24.7 Å². The van der Waals surface area contributed by atoms with Gasteiger partial charge in [-0.15, -0.1) is 0 Å². The molecule has 0 radical (unpaired) electrons. The van der Waals surface area contributed by atoms with E-state index in [2.05, 4.69) is 0 Å². The number of amides is 1. The molecule has 0 aliphatic heterocycles. The van der Waals surface area contributed by atoms with E-state index in [0.29, 0.717) is 5.69 Å². The summed E-state index contributed by atoms with van der Waals surface area (Å²) in [6.45, 7) is 3.47. The van der Waals surface area contributed by atoms with Crippen LogP contribution in [0.15, 0.2) is 24.3 Å². The van der Waals surface area contributed by atoms with Crippen molar-refractivity contribution < 1.29 is 13.2 Å². The number of aryl methyl sites for hydroxylation is 1. The fourth-order valence-electron chi connectivity index (χ4n) is 1.94. The average Bonchev–Trinajstić information content (AvgIpc) is 2.26. The van der Waals surface area contributed by atoms with Crippen molar-refractivity contribution in [2.24, 2.45) is 0 Å². The van der Waals surface area contributed by atoms with Gasteiger partial charge in [0.25, 0.3) is 0 Å². The minimum Gasteiger partial charge on any atom is -0.347 e. The third-order valence-corrected chi connectivity index (χ3v) is 4.01. The van der Waals surface area contributed by atoms with Crippen LogP contribution in [0, 0.1) is 6.92 Å². The van der Waals surface area contributed by atoms with Crippen molar-refractivity contribution in [3.8, 4) is 0 Å². The Bertz CT molecular complexity index is 567. The highest BCUT2D eigenvalue weighted by atomic mass is 32.2. The molecule has 0 saturated carbocycles. The molecule has 0 N–H and O–H groups in total. The van der Waals surface area contributed by atoms with Crippen molar-refractivity contribution >= 4 is 21.6 Å². The van der Waals surface area contributed by atoms with Crippen LogP contribution in [-0.4, -0.2) is 45.6 Å². The first-order valence-corrected chi connectivity index (χ1v) is 7.76. The van der Waals surface area contributed by atoms with Crippen molar-refractivity contribution in [2.45, 2.75) is 19.9 Å². The fraction of sp³-hybridized carbons (Fsp3) is 0.462. The summed E-state index contributed by atoms with van der Waals surface area (Å²) in [5.74, 6) is -0.257. The first kappa shape index (κ1) is 15.5. The molecule has 0 aliphatic carbocycles. The standard InChI is InChI=1S/C13H20N2O3S/c1-10-7-6-8-12(9-10)15(19(5,17)18)11(2)13(16)14(3)4/h6-9,11H,1-5H3. The molecule has 106 valence electrons. The van der Waals surface area contributed by atoms with E-state index in [1.54, 1.807) is 39.2 Å². The lowest BCUT2D eigenvalue weighted by Crippen LogP contribution is -2.47. The first-order valence-electron chi connectivity index (χ1n) is 5.92. The predicted molar refractivity (Wildman–Crippen MR) is 76.7 cm³/mol. The van der Waals surface area contributed by atoms with Gasteiger partial charge in [0.05, 0.1) is 11.9 Å². The fourth-order valence-corrected chi connectivity index (χ4v) is 3.10. The van der Waals surface area contributed by atoms with Gasteiger partial charge in [-0.05, 0) is 31.5 Å². The van der Waals surface area contributed by atoms with Gasteiger partial charge in [0, 0.05) is 14.1 Å². The van der Waals surface area contributed by atoms with Crippen LogP contribution in [0.5, 0.6) is 0 Å². The second-order valence-corrected chi connectivity index (χ2v) is 6.67. The summed E-state index contributed by atoms with van der Waals surface area (Å²) in [5.41, 5.74) is 1.45. The van der Waals surface area contributed by atoms with Gasteiger partial charge in [0.2, 0.25) is 15.9 Å². The Morgan fingerprint density at radius 3 is 2.26 bits per heavy atom. The Morgan fingerprint density at radius 2 is 1.84 bits per heavy atom. The highest BCUT2D eigenvalue weighted by molar-refractivity contribution is 7.92. The lowest BCUT2D eigenvalue weighted by molar-refractivity contribution is -0.129. The molecule has 1 unspecified atom stereocenters. The molecule has 1 aromatic carbocycles. The number of likely N-dealkylation sites (N-methyl/N-ethyl adjacent to an activating group) is 1. The van der Waals surface area contributed by atoms with Crippen molar-refractivity contribution in [3.63, 3.8) is 0 Å². The topological polar surface area (TPSA) is 57.7 Å². The molecule has 0 aliphatic rings. The maximum absolute atomic E-state index is 12.0. The number of rotatable bonds is 4. The van der Waals surface area contributed by atoms with E-state index in [1.165, 1.54) is 4.90 Å². The zero-order valence-corrected chi connectivity index (χ0v) is 12.7. The van der Waals surface area contributed by atoms with Crippen LogP contribution >= 0.6 is 0 Å². The molecule has 0 spiro atoms. The van der Waals surface area contributed by atoms with E-state index >= 15 is 0 Å². The smallest absolute Gasteiger partial charge is 0.245 e. The molecule has 6 heteroatoms. The molecular weight excluding hydrogens is 264 g/mol. The molecule has 0 saturated heterocycles. The molecule has 1 rings (SSSR count). The van der Waals surface area contributed by atoms with Crippen LogP contribution in [0.2, 0.25) is 0 Å². The van der Waals surface area contributed by atoms with Crippen molar-refractivity contribution in [1.82, 2.24) is 4.90 Å². The van der Waals surface area contributed by atoms with Crippen LogP contribution in [0.25, 0.3) is 0 Å². The van der Waals surface area contributed by atoms with Gasteiger partial charge in [0.1, 0.15) is 6.04 Å². The van der Waals surface area contributed by atoms with Crippen LogP contribution in [-0.2, 0) is 14.8 Å². The van der Waals surface area contributed by atoms with Gasteiger partial charge in [-0.1, -0.05) is 12.1 Å². The van der Waals surface area contributed by atoms with Crippen LogP contribution in [0.4, 0.5) is 5.69 Å². The number of anilines is 1. The maximum Gasteiger partial charge on any atom is 0.245 e. The highest BCUT2D eigenvalue weighted by Gasteiger charge is 2.29. The quantitative estimate of drug-likeness (QED) is 0.836. The van der Waals surface area contributed by atoms with E-state index in [1.807, 2.05) is 13.0 Å². The Balaban J connectivity index is 3.28. The second-order valence-electron chi connectivity index (χ2n) is 4.81. The zero-order valence-electron chi connectivity index (χ0n) is 11.9. The van der Waals surface area contributed by atoms with E-state index in [0.717, 1.165) is 16.1 Å². The number of sulfonamides is 1. The SMILES string of the molecule is Cc1cccc(N(C(C)C(=O)N(C)C)S(C)(=O)=O)c1. The Labute approximate surface area is 114 Å². The summed E-state index contributed by atoms with van der Waals surface area (Å²) in [5, 5.41) is 0. The van der Waals surface area contributed by atoms with E-state index < -0.39 is 16.1 Å². The number of hydrogen-bond donors (Lipinski definition) is 0. The minimum absolute atomic E-state index is 0.257. The zero-order chi connectivity index (χ0) is 14.8. The van der Waals surface area contributed by atoms with Gasteiger partial charge < -0.3 is 4.90 Å². The van der Waals surface area contributed by atoms with Gasteiger partial charge in [0.15, 0.2) is 0 Å². The van der Waals surface area contributed by atoms with Gasteiger partial charge in [-0.2, -0.15) is 0 Å². The first-order chi connectivity index (χ1) is 8.64. The second kappa shape index (κ2) is 5.61. The summed E-state index contributed by atoms with van der Waals surface area (Å²) in [6, 6.07) is 6.32. The molecule has 1 aromatic rings. The lowest BCUT2D eigenvalue weighted by Gasteiger charge is -2.30. The summed E-state index contributed by atoms with van der Waals surface area (Å²) in [4.78, 5) is 13.4. The maximum atomic E-state index is 12.0. The molecular formula is C13H20N2O3S. The lowest BCUT2D eigenvalue weighted by atomic mass is 10.2. The number of carbonyl (C=O) groups excluding carboxylic acids is 1. The Kier molecular flexibility index (Phi) is 4.57. The summed E-state index contributed by atoms with van der Waals surface area (Å²) >= 11 is 0. The third kappa shape index (κ3) is 3.70. The van der Waals surface area contributed by atoms with Gasteiger partial charge >= 0.3 is 0 Å². The predicted octanol–water partition coefficient (Wildman–Crippen LogP) is 1.24. The van der Waals surface area contributed by atoms with E-state index in [-0.39, 0.29) is 5.91 Å². The van der Waals surface area contributed by atoms with E-state index in [9.17, 15) is 13.2 Å². The Hall–Kier alpha value is -1.56. The molecule has 0 bridgehead atoms. The molecule has 1 atom stereocenters. The molecule has 1 amide bonds. The van der Waals surface area contributed by atoms with Crippen LogP contribution < -0.4 is 4.31 Å². The summed E-state index contributed by atoms with van der Waals surface area (Å²) in [7, 11) is -0.313. The molecule has 0 aromatic heterocycles. The Morgan fingerprint density at radius 1 is 1.26 bits per heavy atom.